The molecule has 1 saturated heterocycles. The summed E-state index contributed by atoms with van der Waals surface area (Å²) in [6.45, 7) is 2.50. The summed E-state index contributed by atoms with van der Waals surface area (Å²) in [5.74, 6) is 0. The van der Waals surface area contributed by atoms with Gasteiger partial charge in [-0.15, -0.1) is 0 Å². The van der Waals surface area contributed by atoms with E-state index in [9.17, 15) is 0 Å². The zero-order valence-corrected chi connectivity index (χ0v) is 15.2. The average molecular weight is 366 g/mol. The van der Waals surface area contributed by atoms with Crippen molar-refractivity contribution in [3.63, 3.8) is 0 Å². The van der Waals surface area contributed by atoms with Crippen LogP contribution in [0, 0.1) is 0 Å². The summed E-state index contributed by atoms with van der Waals surface area (Å²) in [6.07, 6.45) is 19.7. The molecule has 0 aliphatic carbocycles. The molecule has 0 unspecified atom stereocenters. The first kappa shape index (κ1) is 21.7. The maximum Gasteiger partial charge on any atom is 0.115 e. The van der Waals surface area contributed by atoms with Gasteiger partial charge in [-0.3, -0.25) is 10.1 Å². The molecule has 27 heavy (non-hydrogen) atoms. The van der Waals surface area contributed by atoms with Crippen LogP contribution in [0.15, 0.2) is 92.6 Å². The normalized spacial score (nSPS) is 11.0. The summed E-state index contributed by atoms with van der Waals surface area (Å²) in [7, 11) is 0. The highest BCUT2D eigenvalue weighted by atomic mass is 15.1. The number of H-pyrrole nitrogens is 2. The highest BCUT2D eigenvalue weighted by molar-refractivity contribution is 4.88. The van der Waals surface area contributed by atoms with E-state index in [0.717, 1.165) is 0 Å². The van der Waals surface area contributed by atoms with Crippen LogP contribution in [0.1, 0.15) is 12.8 Å². The van der Waals surface area contributed by atoms with Crippen molar-refractivity contribution in [2.75, 3.05) is 13.1 Å². The Balaban J connectivity index is 0.000000169. The number of aromatic nitrogens is 7. The van der Waals surface area contributed by atoms with Gasteiger partial charge < -0.3 is 10.3 Å². The first-order chi connectivity index (χ1) is 13.5. The topological polar surface area (TPSA) is 108 Å². The molecule has 142 valence electrons. The van der Waals surface area contributed by atoms with Gasteiger partial charge in [0.15, 0.2) is 0 Å². The number of hydrogen-bond acceptors (Lipinski definition) is 6. The van der Waals surface area contributed by atoms with E-state index >= 15 is 0 Å². The second-order valence-corrected chi connectivity index (χ2v) is 4.91. The molecule has 0 aromatic carbocycles. The van der Waals surface area contributed by atoms with Gasteiger partial charge in [-0.25, -0.2) is 15.0 Å². The fourth-order valence-corrected chi connectivity index (χ4v) is 1.62. The summed E-state index contributed by atoms with van der Waals surface area (Å²) in [4.78, 5) is 17.5. The van der Waals surface area contributed by atoms with E-state index in [1.54, 1.807) is 62.0 Å². The van der Waals surface area contributed by atoms with Crippen molar-refractivity contribution in [1.29, 1.82) is 0 Å². The van der Waals surface area contributed by atoms with Crippen molar-refractivity contribution in [2.45, 2.75) is 12.8 Å². The molecule has 8 nitrogen and oxygen atoms in total. The molecule has 3 N–H and O–H groups in total. The summed E-state index contributed by atoms with van der Waals surface area (Å²) in [5.41, 5.74) is 0. The lowest BCUT2D eigenvalue weighted by molar-refractivity contribution is 0.857. The van der Waals surface area contributed by atoms with Crippen LogP contribution in [0.2, 0.25) is 0 Å². The lowest BCUT2D eigenvalue weighted by atomic mass is 10.4. The summed E-state index contributed by atoms with van der Waals surface area (Å²) in [5, 5.41) is 9.43. The van der Waals surface area contributed by atoms with Gasteiger partial charge in [0.25, 0.3) is 0 Å². The summed E-state index contributed by atoms with van der Waals surface area (Å²) >= 11 is 0. The second kappa shape index (κ2) is 18.9. The van der Waals surface area contributed by atoms with Gasteiger partial charge in [0.1, 0.15) is 6.33 Å². The number of aromatic amines is 2. The van der Waals surface area contributed by atoms with Crippen molar-refractivity contribution in [2.24, 2.45) is 0 Å². The van der Waals surface area contributed by atoms with Crippen LogP contribution in [0.4, 0.5) is 0 Å². The molecule has 0 amide bonds. The Morgan fingerprint density at radius 3 is 1.52 bits per heavy atom. The van der Waals surface area contributed by atoms with Crippen LogP contribution >= 0.6 is 0 Å². The van der Waals surface area contributed by atoms with Crippen LogP contribution in [-0.4, -0.2) is 48.2 Å². The molecule has 1 aliphatic heterocycles. The van der Waals surface area contributed by atoms with E-state index in [1.165, 1.54) is 32.3 Å². The molecule has 0 saturated carbocycles. The largest absolute Gasteiger partial charge is 0.351 e. The highest BCUT2D eigenvalue weighted by Crippen LogP contribution is 1.90. The van der Waals surface area contributed by atoms with Crippen LogP contribution < -0.4 is 5.32 Å². The number of pyridine rings is 1. The SMILES string of the molecule is C1CCNC1.c1c[nH]cn1.c1ccncc1.c1cn[nH]c1.c1cncnc1. The van der Waals surface area contributed by atoms with Crippen LogP contribution in [0.3, 0.4) is 0 Å². The second-order valence-electron chi connectivity index (χ2n) is 4.91. The predicted octanol–water partition coefficient (Wildman–Crippen LogP) is 2.75. The number of nitrogens with one attached hydrogen (secondary N) is 3. The highest BCUT2D eigenvalue weighted by Gasteiger charge is 1.93. The minimum Gasteiger partial charge on any atom is -0.351 e. The Morgan fingerprint density at radius 2 is 1.33 bits per heavy atom. The van der Waals surface area contributed by atoms with Crippen molar-refractivity contribution < 1.29 is 0 Å². The van der Waals surface area contributed by atoms with E-state index in [4.69, 9.17) is 0 Å². The van der Waals surface area contributed by atoms with Crippen molar-refractivity contribution in [1.82, 2.24) is 40.4 Å². The molecule has 1 fully saturated rings. The first-order valence-corrected chi connectivity index (χ1v) is 8.62. The zero-order chi connectivity index (χ0) is 19.1. The Labute approximate surface area is 159 Å². The Hall–Kier alpha value is -3.39. The monoisotopic (exact) mass is 366 g/mol. The Kier molecular flexibility index (Phi) is 15.2. The third-order valence-corrected chi connectivity index (χ3v) is 2.81. The van der Waals surface area contributed by atoms with Gasteiger partial charge >= 0.3 is 0 Å². The average Bonchev–Trinajstić information content (AvgIpc) is 3.58. The molecule has 1 aliphatic rings. The summed E-state index contributed by atoms with van der Waals surface area (Å²) in [6, 6.07) is 9.33. The van der Waals surface area contributed by atoms with Crippen LogP contribution in [0.25, 0.3) is 0 Å². The molecule has 4 aromatic rings. The van der Waals surface area contributed by atoms with E-state index < -0.39 is 0 Å². The summed E-state index contributed by atoms with van der Waals surface area (Å²) < 4.78 is 0. The van der Waals surface area contributed by atoms with Crippen LogP contribution in [-0.2, 0) is 0 Å². The lowest BCUT2D eigenvalue weighted by Crippen LogP contribution is -2.03. The van der Waals surface area contributed by atoms with E-state index in [2.05, 4.69) is 40.4 Å². The van der Waals surface area contributed by atoms with Gasteiger partial charge in [-0.05, 0) is 50.2 Å². The zero-order valence-electron chi connectivity index (χ0n) is 15.2. The van der Waals surface area contributed by atoms with Gasteiger partial charge in [-0.2, -0.15) is 5.10 Å². The van der Waals surface area contributed by atoms with Crippen molar-refractivity contribution in [3.05, 3.63) is 92.6 Å². The quantitative estimate of drug-likeness (QED) is 0.442. The van der Waals surface area contributed by atoms with Crippen molar-refractivity contribution >= 4 is 0 Å². The minimum absolute atomic E-state index is 1.25. The maximum atomic E-state index is 3.78. The molecule has 5 heterocycles. The minimum atomic E-state index is 1.25. The van der Waals surface area contributed by atoms with E-state index in [0.29, 0.717) is 0 Å². The molecule has 0 spiro atoms. The molecule has 8 heteroatoms. The standard InChI is InChI=1S/C5H5N.C4H4N2.C4H9N.2C3H4N2/c1-2-4-6-5-3-1;1-2-5-4-6-3-1;1-2-4-5-3-1;1-2-5-3-4-1;1-2-4-5-3-1/h1-5H;1-4H;5H,1-4H2;2*1-3H,(H,4,5). The number of imidazole rings is 1. The maximum absolute atomic E-state index is 3.78. The first-order valence-electron chi connectivity index (χ1n) is 8.62. The molecule has 4 aromatic heterocycles. The third-order valence-electron chi connectivity index (χ3n) is 2.81. The molecule has 5 rings (SSSR count). The fourth-order valence-electron chi connectivity index (χ4n) is 1.62. The fraction of sp³-hybridized carbons (Fsp3) is 0.211. The van der Waals surface area contributed by atoms with Gasteiger partial charge in [-0.1, -0.05) is 6.07 Å². The van der Waals surface area contributed by atoms with E-state index in [-0.39, 0.29) is 0 Å². The molecule has 0 atom stereocenters. The molecule has 0 radical (unpaired) electrons. The third kappa shape index (κ3) is 17.2. The molecular weight excluding hydrogens is 340 g/mol. The molecular formula is C19H26N8. The number of rotatable bonds is 0. The number of nitrogens with zero attached hydrogens (tertiary/aromatic N) is 5. The van der Waals surface area contributed by atoms with Gasteiger partial charge in [0.05, 0.1) is 6.33 Å². The smallest absolute Gasteiger partial charge is 0.115 e. The van der Waals surface area contributed by atoms with Gasteiger partial charge in [0, 0.05) is 49.6 Å². The lowest BCUT2D eigenvalue weighted by Gasteiger charge is -1.76. The Bertz CT molecular complexity index is 515. The van der Waals surface area contributed by atoms with Crippen molar-refractivity contribution in [3.8, 4) is 0 Å². The Morgan fingerprint density at radius 1 is 0.593 bits per heavy atom. The van der Waals surface area contributed by atoms with Crippen LogP contribution in [0.5, 0.6) is 0 Å². The number of hydrogen-bond donors (Lipinski definition) is 3. The van der Waals surface area contributed by atoms with E-state index in [1.807, 2.05) is 24.3 Å². The molecule has 0 bridgehead atoms. The predicted molar refractivity (Wildman–Crippen MR) is 106 cm³/mol. The van der Waals surface area contributed by atoms with Gasteiger partial charge in [0.2, 0.25) is 0 Å².